The molecule has 1 aliphatic carbocycles. The average molecular weight is 373 g/mol. The second kappa shape index (κ2) is 7.03. The number of ether oxygens (including phenoxy) is 1. The van der Waals surface area contributed by atoms with Gasteiger partial charge < -0.3 is 20.1 Å². The standard InChI is InChI=1S/C18H17ClN4O3/c19-10-4-6-11(7-5-10)25-16-3-1-2-14(21-16)18-22-17(26-23-18)8-12-13(20)9-15(12)24/h1-7,12-13,15,24H,8-9,20H2/t12-,13+,15-/m0/s1. The molecular weight excluding hydrogens is 356 g/mol. The Labute approximate surface area is 154 Å². The summed E-state index contributed by atoms with van der Waals surface area (Å²) in [5.74, 6) is 1.79. The molecule has 8 heteroatoms. The Hall–Kier alpha value is -2.48. The minimum Gasteiger partial charge on any atom is -0.439 e. The second-order valence-corrected chi connectivity index (χ2v) is 6.70. The number of benzene rings is 1. The first-order chi connectivity index (χ1) is 12.6. The molecule has 2 heterocycles. The third-order valence-corrected chi connectivity index (χ3v) is 4.68. The lowest BCUT2D eigenvalue weighted by atomic mass is 9.75. The number of nitrogens with zero attached hydrogens (tertiary/aromatic N) is 3. The van der Waals surface area contributed by atoms with Crippen LogP contribution in [0.25, 0.3) is 11.5 Å². The smallest absolute Gasteiger partial charge is 0.227 e. The largest absolute Gasteiger partial charge is 0.439 e. The molecule has 26 heavy (non-hydrogen) atoms. The third-order valence-electron chi connectivity index (χ3n) is 4.42. The molecule has 1 fully saturated rings. The molecule has 1 saturated carbocycles. The zero-order chi connectivity index (χ0) is 18.1. The van der Waals surface area contributed by atoms with Crippen LogP contribution in [-0.4, -0.2) is 32.4 Å². The first-order valence-corrected chi connectivity index (χ1v) is 8.63. The van der Waals surface area contributed by atoms with Crippen LogP contribution in [0.3, 0.4) is 0 Å². The van der Waals surface area contributed by atoms with Crippen molar-refractivity contribution < 1.29 is 14.4 Å². The Morgan fingerprint density at radius 1 is 1.19 bits per heavy atom. The Bertz CT molecular complexity index is 891. The van der Waals surface area contributed by atoms with Gasteiger partial charge in [0.15, 0.2) is 0 Å². The molecule has 0 bridgehead atoms. The highest BCUT2D eigenvalue weighted by molar-refractivity contribution is 6.30. The van der Waals surface area contributed by atoms with Crippen LogP contribution in [0.1, 0.15) is 12.3 Å². The minimum absolute atomic E-state index is 0.0328. The summed E-state index contributed by atoms with van der Waals surface area (Å²) in [6, 6.07) is 12.3. The zero-order valence-electron chi connectivity index (χ0n) is 13.7. The summed E-state index contributed by atoms with van der Waals surface area (Å²) < 4.78 is 11.0. The highest BCUT2D eigenvalue weighted by Gasteiger charge is 2.38. The Morgan fingerprint density at radius 3 is 2.73 bits per heavy atom. The van der Waals surface area contributed by atoms with Crippen molar-refractivity contribution >= 4 is 11.6 Å². The number of aromatic nitrogens is 3. The van der Waals surface area contributed by atoms with Gasteiger partial charge in [-0.15, -0.1) is 0 Å². The van der Waals surface area contributed by atoms with Crippen LogP contribution < -0.4 is 10.5 Å². The van der Waals surface area contributed by atoms with Crippen molar-refractivity contribution in [1.29, 1.82) is 0 Å². The van der Waals surface area contributed by atoms with Gasteiger partial charge in [0, 0.05) is 29.5 Å². The fourth-order valence-corrected chi connectivity index (χ4v) is 2.99. The number of rotatable bonds is 5. The first-order valence-electron chi connectivity index (χ1n) is 8.25. The maximum absolute atomic E-state index is 9.75. The van der Waals surface area contributed by atoms with E-state index in [0.29, 0.717) is 46.9 Å². The Morgan fingerprint density at radius 2 is 2.00 bits per heavy atom. The van der Waals surface area contributed by atoms with E-state index in [4.69, 9.17) is 26.6 Å². The second-order valence-electron chi connectivity index (χ2n) is 6.26. The van der Waals surface area contributed by atoms with Gasteiger partial charge in [0.2, 0.25) is 17.6 Å². The molecule has 0 saturated heterocycles. The fourth-order valence-electron chi connectivity index (χ4n) is 2.87. The third kappa shape index (κ3) is 3.55. The number of hydrogen-bond donors (Lipinski definition) is 2. The van der Waals surface area contributed by atoms with Crippen LogP contribution in [0.5, 0.6) is 11.6 Å². The SMILES string of the molecule is N[C@@H]1C[C@H](O)[C@H]1Cc1nc(-c2cccc(Oc3ccc(Cl)cc3)n2)no1. The summed E-state index contributed by atoms with van der Waals surface area (Å²) in [5.41, 5.74) is 6.43. The summed E-state index contributed by atoms with van der Waals surface area (Å²) in [6.07, 6.45) is 0.655. The number of pyridine rings is 1. The zero-order valence-corrected chi connectivity index (χ0v) is 14.5. The number of halogens is 1. The lowest BCUT2D eigenvalue weighted by molar-refractivity contribution is 0.000907. The van der Waals surface area contributed by atoms with Crippen molar-refractivity contribution in [3.8, 4) is 23.1 Å². The van der Waals surface area contributed by atoms with E-state index in [2.05, 4.69) is 15.1 Å². The van der Waals surface area contributed by atoms with Crippen LogP contribution in [0, 0.1) is 5.92 Å². The number of hydrogen-bond acceptors (Lipinski definition) is 7. The predicted molar refractivity (Wildman–Crippen MR) is 94.8 cm³/mol. The van der Waals surface area contributed by atoms with Crippen molar-refractivity contribution in [3.63, 3.8) is 0 Å². The lowest BCUT2D eigenvalue weighted by Crippen LogP contribution is -2.52. The summed E-state index contributed by atoms with van der Waals surface area (Å²) >= 11 is 5.87. The van der Waals surface area contributed by atoms with E-state index in [1.165, 1.54) is 0 Å². The number of aliphatic hydroxyl groups is 1. The van der Waals surface area contributed by atoms with Gasteiger partial charge in [0.25, 0.3) is 0 Å². The van der Waals surface area contributed by atoms with Crippen molar-refractivity contribution in [2.45, 2.75) is 25.0 Å². The van der Waals surface area contributed by atoms with Gasteiger partial charge in [-0.3, -0.25) is 0 Å². The molecule has 0 unspecified atom stereocenters. The topological polar surface area (TPSA) is 107 Å². The molecule has 134 valence electrons. The highest BCUT2D eigenvalue weighted by Crippen LogP contribution is 2.30. The molecule has 3 aromatic rings. The molecule has 3 N–H and O–H groups in total. The van der Waals surface area contributed by atoms with Gasteiger partial charge in [-0.2, -0.15) is 4.98 Å². The van der Waals surface area contributed by atoms with E-state index < -0.39 is 6.10 Å². The van der Waals surface area contributed by atoms with Crippen LogP contribution in [0.15, 0.2) is 47.0 Å². The van der Waals surface area contributed by atoms with Crippen LogP contribution in [0.4, 0.5) is 0 Å². The number of aliphatic hydroxyl groups excluding tert-OH is 1. The van der Waals surface area contributed by atoms with Crippen molar-refractivity contribution in [2.75, 3.05) is 0 Å². The predicted octanol–water partition coefficient (Wildman–Crippen LogP) is 2.83. The molecule has 3 atom stereocenters. The number of nitrogens with two attached hydrogens (primary N) is 1. The van der Waals surface area contributed by atoms with Crippen LogP contribution in [-0.2, 0) is 6.42 Å². The summed E-state index contributed by atoms with van der Waals surface area (Å²) in [5, 5.41) is 14.3. The molecular formula is C18H17ClN4O3. The van der Waals surface area contributed by atoms with Crippen molar-refractivity contribution in [2.24, 2.45) is 11.7 Å². The van der Waals surface area contributed by atoms with Gasteiger partial charge in [0.1, 0.15) is 11.4 Å². The van der Waals surface area contributed by atoms with Crippen LogP contribution in [0.2, 0.25) is 5.02 Å². The molecule has 0 radical (unpaired) electrons. The van der Waals surface area contributed by atoms with Crippen molar-refractivity contribution in [3.05, 3.63) is 53.4 Å². The normalized spacial score (nSPS) is 22.0. The summed E-state index contributed by atoms with van der Waals surface area (Å²) in [4.78, 5) is 8.75. The molecule has 0 spiro atoms. The molecule has 1 aliphatic rings. The maximum atomic E-state index is 9.75. The fraction of sp³-hybridized carbons (Fsp3) is 0.278. The van der Waals surface area contributed by atoms with Crippen molar-refractivity contribution in [1.82, 2.24) is 15.1 Å². The van der Waals surface area contributed by atoms with Crippen LogP contribution >= 0.6 is 11.6 Å². The minimum atomic E-state index is -0.408. The Kier molecular flexibility index (Phi) is 4.58. The molecule has 2 aromatic heterocycles. The van der Waals surface area contributed by atoms with Gasteiger partial charge >= 0.3 is 0 Å². The highest BCUT2D eigenvalue weighted by atomic mass is 35.5. The van der Waals surface area contributed by atoms with E-state index in [0.717, 1.165) is 0 Å². The summed E-state index contributed by atoms with van der Waals surface area (Å²) in [7, 11) is 0. The lowest BCUT2D eigenvalue weighted by Gasteiger charge is -2.38. The molecule has 0 aliphatic heterocycles. The van der Waals surface area contributed by atoms with E-state index in [1.54, 1.807) is 42.5 Å². The monoisotopic (exact) mass is 372 g/mol. The van der Waals surface area contributed by atoms with E-state index in [1.807, 2.05) is 0 Å². The molecule has 1 aromatic carbocycles. The van der Waals surface area contributed by atoms with E-state index in [-0.39, 0.29) is 12.0 Å². The van der Waals surface area contributed by atoms with Gasteiger partial charge in [-0.05, 0) is 36.8 Å². The van der Waals surface area contributed by atoms with Gasteiger partial charge in [0.05, 0.1) is 6.10 Å². The quantitative estimate of drug-likeness (QED) is 0.708. The Balaban J connectivity index is 1.49. The van der Waals surface area contributed by atoms with E-state index in [9.17, 15) is 5.11 Å². The average Bonchev–Trinajstić information content (AvgIpc) is 3.11. The summed E-state index contributed by atoms with van der Waals surface area (Å²) in [6.45, 7) is 0. The molecule has 4 rings (SSSR count). The molecule has 0 amide bonds. The van der Waals surface area contributed by atoms with E-state index >= 15 is 0 Å². The molecule has 7 nitrogen and oxygen atoms in total. The first kappa shape index (κ1) is 17.0. The van der Waals surface area contributed by atoms with Gasteiger partial charge in [-0.1, -0.05) is 22.8 Å². The maximum Gasteiger partial charge on any atom is 0.227 e. The van der Waals surface area contributed by atoms with Gasteiger partial charge in [-0.25, -0.2) is 4.98 Å².